The fourth-order valence-corrected chi connectivity index (χ4v) is 3.77. The van der Waals surface area contributed by atoms with Gasteiger partial charge in [-0.05, 0) is 31.0 Å². The number of ether oxygens (including phenoxy) is 2. The van der Waals surface area contributed by atoms with Crippen LogP contribution in [-0.4, -0.2) is 49.3 Å². The number of hydrogen-bond donors (Lipinski definition) is 1. The van der Waals surface area contributed by atoms with Crippen molar-refractivity contribution in [2.24, 2.45) is 0 Å². The Labute approximate surface area is 139 Å². The minimum absolute atomic E-state index is 0.0316. The second kappa shape index (κ2) is 6.70. The van der Waals surface area contributed by atoms with Gasteiger partial charge in [0.25, 0.3) is 0 Å². The molecule has 0 bridgehead atoms. The molecule has 0 spiro atoms. The molecule has 0 aromatic heterocycles. The van der Waals surface area contributed by atoms with Crippen LogP contribution in [0.5, 0.6) is 11.5 Å². The number of nitrogens with one attached hydrogen (secondary N) is 1. The van der Waals surface area contributed by atoms with E-state index in [-0.39, 0.29) is 29.8 Å². The highest BCUT2D eigenvalue weighted by Gasteiger charge is 2.36. The average molecular weight is 336 g/mol. The van der Waals surface area contributed by atoms with Gasteiger partial charge in [0.05, 0.1) is 20.0 Å². The predicted molar refractivity (Wildman–Crippen MR) is 87.6 cm³/mol. The summed E-state index contributed by atoms with van der Waals surface area (Å²) in [5.74, 6) is 1.61. The van der Waals surface area contributed by atoms with Crippen LogP contribution in [0, 0.1) is 0 Å². The van der Waals surface area contributed by atoms with E-state index in [1.165, 1.54) is 11.8 Å². The van der Waals surface area contributed by atoms with Crippen molar-refractivity contribution in [3.8, 4) is 11.5 Å². The summed E-state index contributed by atoms with van der Waals surface area (Å²) in [5.41, 5.74) is 0.849. The predicted octanol–water partition coefficient (Wildman–Crippen LogP) is 1.56. The van der Waals surface area contributed by atoms with Crippen LogP contribution >= 0.6 is 11.8 Å². The van der Waals surface area contributed by atoms with Crippen molar-refractivity contribution < 1.29 is 19.1 Å². The molecule has 0 unspecified atom stereocenters. The van der Waals surface area contributed by atoms with Crippen molar-refractivity contribution in [1.29, 1.82) is 0 Å². The number of benzene rings is 1. The fourth-order valence-electron chi connectivity index (χ4n) is 2.57. The van der Waals surface area contributed by atoms with E-state index in [0.29, 0.717) is 17.3 Å². The summed E-state index contributed by atoms with van der Waals surface area (Å²) in [7, 11) is 3.19. The summed E-state index contributed by atoms with van der Waals surface area (Å²) in [6, 6.07) is 5.78. The smallest absolute Gasteiger partial charge is 0.239 e. The Bertz CT molecular complexity index is 618. The van der Waals surface area contributed by atoms with Crippen molar-refractivity contribution in [2.45, 2.75) is 24.3 Å². The van der Waals surface area contributed by atoms with E-state index in [1.54, 1.807) is 19.1 Å². The molecule has 1 aliphatic heterocycles. The zero-order valence-corrected chi connectivity index (χ0v) is 14.0. The molecule has 1 N–H and O–H groups in total. The molecule has 1 saturated carbocycles. The highest BCUT2D eigenvalue weighted by molar-refractivity contribution is 8.00. The van der Waals surface area contributed by atoms with E-state index >= 15 is 0 Å². The van der Waals surface area contributed by atoms with Crippen LogP contribution in [0.4, 0.5) is 0 Å². The molecule has 0 radical (unpaired) electrons. The first-order chi connectivity index (χ1) is 11.1. The quantitative estimate of drug-likeness (QED) is 0.854. The lowest BCUT2D eigenvalue weighted by molar-refractivity contribution is -0.133. The molecule has 2 aliphatic rings. The van der Waals surface area contributed by atoms with Gasteiger partial charge < -0.3 is 19.7 Å². The minimum Gasteiger partial charge on any atom is -0.497 e. The molecule has 1 aliphatic carbocycles. The van der Waals surface area contributed by atoms with Crippen LogP contribution in [0.2, 0.25) is 0 Å². The monoisotopic (exact) mass is 336 g/mol. The zero-order chi connectivity index (χ0) is 16.4. The van der Waals surface area contributed by atoms with E-state index in [9.17, 15) is 9.59 Å². The van der Waals surface area contributed by atoms with Gasteiger partial charge in [-0.1, -0.05) is 0 Å². The largest absolute Gasteiger partial charge is 0.497 e. The zero-order valence-electron chi connectivity index (χ0n) is 13.2. The van der Waals surface area contributed by atoms with Gasteiger partial charge in [-0.25, -0.2) is 0 Å². The van der Waals surface area contributed by atoms with Gasteiger partial charge in [0.1, 0.15) is 23.4 Å². The summed E-state index contributed by atoms with van der Waals surface area (Å²) in [6.45, 7) is 0.0768. The number of rotatable bonds is 6. The highest BCUT2D eigenvalue weighted by atomic mass is 32.2. The van der Waals surface area contributed by atoms with Gasteiger partial charge >= 0.3 is 0 Å². The van der Waals surface area contributed by atoms with Crippen LogP contribution in [0.3, 0.4) is 0 Å². The SMILES string of the molecule is COc1ccc(OC)c([C@@H]2SCC(=O)N2CC(=O)NC2CC2)c1. The molecule has 3 rings (SSSR count). The van der Waals surface area contributed by atoms with E-state index in [4.69, 9.17) is 9.47 Å². The molecule has 1 atom stereocenters. The molecule has 1 aromatic carbocycles. The molecule has 7 heteroatoms. The number of carbonyl (C=O) groups excluding carboxylic acids is 2. The third kappa shape index (κ3) is 3.55. The Hall–Kier alpha value is -1.89. The number of amides is 2. The lowest BCUT2D eigenvalue weighted by atomic mass is 10.1. The Morgan fingerprint density at radius 3 is 2.78 bits per heavy atom. The maximum Gasteiger partial charge on any atom is 0.239 e. The average Bonchev–Trinajstić information content (AvgIpc) is 3.30. The van der Waals surface area contributed by atoms with E-state index in [0.717, 1.165) is 18.4 Å². The second-order valence-corrected chi connectivity index (χ2v) is 6.70. The number of hydrogen-bond acceptors (Lipinski definition) is 5. The standard InChI is InChI=1S/C16H20N2O4S/c1-21-11-5-6-13(22-2)12(7-11)16-18(15(20)9-23-16)8-14(19)17-10-3-4-10/h5-7,10,16H,3-4,8-9H2,1-2H3,(H,17,19)/t16-/m0/s1. The van der Waals surface area contributed by atoms with E-state index in [1.807, 2.05) is 18.2 Å². The Morgan fingerprint density at radius 1 is 1.35 bits per heavy atom. The molecule has 1 saturated heterocycles. The summed E-state index contributed by atoms with van der Waals surface area (Å²) in [6.07, 6.45) is 2.06. The first kappa shape index (κ1) is 16.0. The van der Waals surface area contributed by atoms with E-state index < -0.39 is 0 Å². The first-order valence-electron chi connectivity index (χ1n) is 7.54. The summed E-state index contributed by atoms with van der Waals surface area (Å²) < 4.78 is 10.7. The van der Waals surface area contributed by atoms with Crippen LogP contribution in [0.1, 0.15) is 23.8 Å². The fraction of sp³-hybridized carbons (Fsp3) is 0.500. The lowest BCUT2D eigenvalue weighted by Crippen LogP contribution is -2.40. The van der Waals surface area contributed by atoms with Crippen molar-refractivity contribution in [1.82, 2.24) is 10.2 Å². The third-order valence-electron chi connectivity index (χ3n) is 3.93. The summed E-state index contributed by atoms with van der Waals surface area (Å²) in [4.78, 5) is 25.9. The first-order valence-corrected chi connectivity index (χ1v) is 8.59. The molecular weight excluding hydrogens is 316 g/mol. The van der Waals surface area contributed by atoms with Crippen LogP contribution in [-0.2, 0) is 9.59 Å². The van der Waals surface area contributed by atoms with Crippen molar-refractivity contribution >= 4 is 23.6 Å². The second-order valence-electron chi connectivity index (χ2n) is 5.63. The molecule has 124 valence electrons. The molecular formula is C16H20N2O4S. The normalized spacial score (nSPS) is 20.5. The maximum absolute atomic E-state index is 12.2. The molecule has 6 nitrogen and oxygen atoms in total. The van der Waals surface area contributed by atoms with Crippen molar-refractivity contribution in [3.63, 3.8) is 0 Å². The summed E-state index contributed by atoms with van der Waals surface area (Å²) >= 11 is 1.50. The number of thioether (sulfide) groups is 1. The van der Waals surface area contributed by atoms with Crippen LogP contribution in [0.15, 0.2) is 18.2 Å². The van der Waals surface area contributed by atoms with Crippen LogP contribution in [0.25, 0.3) is 0 Å². The summed E-state index contributed by atoms with van der Waals surface area (Å²) in [5, 5.41) is 2.69. The topological polar surface area (TPSA) is 67.9 Å². The van der Waals surface area contributed by atoms with Gasteiger partial charge in [-0.2, -0.15) is 0 Å². The van der Waals surface area contributed by atoms with Gasteiger partial charge in [-0.3, -0.25) is 9.59 Å². The number of nitrogens with zero attached hydrogens (tertiary/aromatic N) is 1. The highest BCUT2D eigenvalue weighted by Crippen LogP contribution is 2.43. The maximum atomic E-state index is 12.2. The number of methoxy groups -OCH3 is 2. The third-order valence-corrected chi connectivity index (χ3v) is 5.17. The molecule has 1 heterocycles. The minimum atomic E-state index is -0.238. The Kier molecular flexibility index (Phi) is 4.66. The molecule has 1 aromatic rings. The van der Waals surface area contributed by atoms with Gasteiger partial charge in [0.2, 0.25) is 11.8 Å². The van der Waals surface area contributed by atoms with Gasteiger partial charge in [-0.15, -0.1) is 11.8 Å². The van der Waals surface area contributed by atoms with Crippen molar-refractivity contribution in [2.75, 3.05) is 26.5 Å². The number of carbonyl (C=O) groups is 2. The Balaban J connectivity index is 1.81. The van der Waals surface area contributed by atoms with Gasteiger partial charge in [0.15, 0.2) is 0 Å². The molecule has 23 heavy (non-hydrogen) atoms. The molecule has 2 fully saturated rings. The van der Waals surface area contributed by atoms with Crippen molar-refractivity contribution in [3.05, 3.63) is 23.8 Å². The van der Waals surface area contributed by atoms with Crippen LogP contribution < -0.4 is 14.8 Å². The molecule has 2 amide bonds. The Morgan fingerprint density at radius 2 is 2.13 bits per heavy atom. The van der Waals surface area contributed by atoms with E-state index in [2.05, 4.69) is 5.32 Å². The lowest BCUT2D eigenvalue weighted by Gasteiger charge is -2.25. The van der Waals surface area contributed by atoms with Gasteiger partial charge in [0, 0.05) is 11.6 Å².